The van der Waals surface area contributed by atoms with Crippen LogP contribution in [0.4, 0.5) is 9.18 Å². The van der Waals surface area contributed by atoms with Gasteiger partial charge in [0, 0.05) is 26.2 Å². The van der Waals surface area contributed by atoms with Crippen molar-refractivity contribution >= 4 is 6.03 Å². The van der Waals surface area contributed by atoms with Crippen LogP contribution in [0.5, 0.6) is 0 Å². The molecule has 2 atom stereocenters. The van der Waals surface area contributed by atoms with Gasteiger partial charge in [0.05, 0.1) is 6.04 Å². The number of rotatable bonds is 2. The fourth-order valence-electron chi connectivity index (χ4n) is 4.36. The summed E-state index contributed by atoms with van der Waals surface area (Å²) in [6.07, 6.45) is 1.85. The molecule has 0 bridgehead atoms. The van der Waals surface area contributed by atoms with Crippen molar-refractivity contribution in [3.05, 3.63) is 71.0 Å². The van der Waals surface area contributed by atoms with E-state index in [0.717, 1.165) is 37.1 Å². The predicted molar refractivity (Wildman–Crippen MR) is 104 cm³/mol. The van der Waals surface area contributed by atoms with Crippen LogP contribution in [0.1, 0.15) is 29.2 Å². The van der Waals surface area contributed by atoms with Gasteiger partial charge < -0.3 is 14.7 Å². The first-order valence-electron chi connectivity index (χ1n) is 9.60. The van der Waals surface area contributed by atoms with Crippen molar-refractivity contribution in [2.75, 3.05) is 33.7 Å². The van der Waals surface area contributed by atoms with Gasteiger partial charge in [-0.3, -0.25) is 0 Å². The van der Waals surface area contributed by atoms with Gasteiger partial charge in [-0.1, -0.05) is 36.4 Å². The number of amides is 2. The van der Waals surface area contributed by atoms with Gasteiger partial charge in [0.15, 0.2) is 0 Å². The van der Waals surface area contributed by atoms with Gasteiger partial charge in [-0.05, 0) is 55.3 Å². The summed E-state index contributed by atoms with van der Waals surface area (Å²) in [5, 5.41) is 0. The highest BCUT2D eigenvalue weighted by Crippen LogP contribution is 2.36. The number of likely N-dealkylation sites (tertiary alicyclic amines) is 1. The first-order chi connectivity index (χ1) is 13.0. The normalized spacial score (nSPS) is 22.6. The molecule has 2 aromatic carbocycles. The smallest absolute Gasteiger partial charge is 0.320 e. The number of likely N-dealkylation sites (N-methyl/N-ethyl adjacent to an activating group) is 2. The van der Waals surface area contributed by atoms with Gasteiger partial charge in [0.2, 0.25) is 0 Å². The molecule has 4 rings (SSSR count). The zero-order valence-electron chi connectivity index (χ0n) is 15.9. The van der Waals surface area contributed by atoms with E-state index in [1.165, 1.54) is 17.7 Å². The Labute approximate surface area is 160 Å². The molecule has 27 heavy (non-hydrogen) atoms. The summed E-state index contributed by atoms with van der Waals surface area (Å²) in [6, 6.07) is 14.9. The fourth-order valence-corrected chi connectivity index (χ4v) is 4.36. The first-order valence-corrected chi connectivity index (χ1v) is 9.60. The van der Waals surface area contributed by atoms with E-state index in [4.69, 9.17) is 0 Å². The summed E-state index contributed by atoms with van der Waals surface area (Å²) in [5.41, 5.74) is 3.36. The van der Waals surface area contributed by atoms with Crippen molar-refractivity contribution < 1.29 is 9.18 Å². The largest absolute Gasteiger partial charge is 0.323 e. The molecular weight excluding hydrogens is 341 g/mol. The SMILES string of the molecule is CN1CC[C@H](N(C)C(=O)N2CCc3ccccc3[C@@H]2c2ccc(F)cc2)C1. The number of hydrogen-bond acceptors (Lipinski definition) is 2. The van der Waals surface area contributed by atoms with E-state index >= 15 is 0 Å². The number of carbonyl (C=O) groups excluding carboxylic acids is 1. The Bertz CT molecular complexity index is 823. The van der Waals surface area contributed by atoms with Crippen LogP contribution in [0, 0.1) is 5.82 Å². The van der Waals surface area contributed by atoms with E-state index in [9.17, 15) is 9.18 Å². The second-order valence-corrected chi connectivity index (χ2v) is 7.69. The van der Waals surface area contributed by atoms with E-state index in [2.05, 4.69) is 24.1 Å². The van der Waals surface area contributed by atoms with Crippen LogP contribution in [0.3, 0.4) is 0 Å². The van der Waals surface area contributed by atoms with Crippen LogP contribution < -0.4 is 0 Å². The highest BCUT2D eigenvalue weighted by molar-refractivity contribution is 5.76. The minimum absolute atomic E-state index is 0.0547. The standard InChI is InChI=1S/C22H26FN3O/c1-24-13-12-19(15-24)25(2)22(27)26-14-11-16-5-3-4-6-20(16)21(26)17-7-9-18(23)10-8-17/h3-10,19,21H,11-15H2,1-2H3/t19-,21-/m0/s1. The lowest BCUT2D eigenvalue weighted by molar-refractivity contribution is 0.132. The molecule has 2 aromatic rings. The highest BCUT2D eigenvalue weighted by atomic mass is 19.1. The highest BCUT2D eigenvalue weighted by Gasteiger charge is 2.36. The van der Waals surface area contributed by atoms with Crippen molar-refractivity contribution in [1.29, 1.82) is 0 Å². The van der Waals surface area contributed by atoms with E-state index in [0.29, 0.717) is 6.54 Å². The van der Waals surface area contributed by atoms with Crippen LogP contribution in [-0.4, -0.2) is 60.5 Å². The quantitative estimate of drug-likeness (QED) is 0.812. The van der Waals surface area contributed by atoms with Gasteiger partial charge in [-0.25, -0.2) is 9.18 Å². The lowest BCUT2D eigenvalue weighted by Crippen LogP contribution is -2.50. The Balaban J connectivity index is 1.68. The monoisotopic (exact) mass is 367 g/mol. The molecule has 2 aliphatic heterocycles. The molecule has 0 aliphatic carbocycles. The molecule has 1 saturated heterocycles. The summed E-state index contributed by atoms with van der Waals surface area (Å²) in [7, 11) is 4.01. The molecule has 0 spiro atoms. The zero-order chi connectivity index (χ0) is 19.0. The lowest BCUT2D eigenvalue weighted by atomic mass is 9.88. The number of urea groups is 1. The van der Waals surface area contributed by atoms with Gasteiger partial charge in [0.25, 0.3) is 0 Å². The van der Waals surface area contributed by atoms with Crippen molar-refractivity contribution in [3.63, 3.8) is 0 Å². The number of halogens is 1. The number of fused-ring (bicyclic) bond motifs is 1. The topological polar surface area (TPSA) is 26.8 Å². The summed E-state index contributed by atoms with van der Waals surface area (Å²) in [4.78, 5) is 19.5. The van der Waals surface area contributed by atoms with E-state index in [1.807, 2.05) is 29.0 Å². The Morgan fingerprint density at radius 1 is 1.11 bits per heavy atom. The molecule has 5 heteroatoms. The average Bonchev–Trinajstić information content (AvgIpc) is 3.13. The Hall–Kier alpha value is -2.40. The van der Waals surface area contributed by atoms with Crippen LogP contribution in [0.25, 0.3) is 0 Å². The van der Waals surface area contributed by atoms with E-state index in [-0.39, 0.29) is 23.9 Å². The van der Waals surface area contributed by atoms with Crippen LogP contribution >= 0.6 is 0 Å². The third kappa shape index (κ3) is 3.44. The van der Waals surface area contributed by atoms with Crippen LogP contribution in [-0.2, 0) is 6.42 Å². The Morgan fingerprint density at radius 2 is 1.85 bits per heavy atom. The molecule has 142 valence electrons. The van der Waals surface area contributed by atoms with Gasteiger partial charge in [-0.15, -0.1) is 0 Å². The van der Waals surface area contributed by atoms with Crippen molar-refractivity contribution in [2.45, 2.75) is 24.9 Å². The molecule has 0 unspecified atom stereocenters. The fraction of sp³-hybridized carbons (Fsp3) is 0.409. The molecule has 0 aromatic heterocycles. The maximum absolute atomic E-state index is 13.5. The van der Waals surface area contributed by atoms with E-state index in [1.54, 1.807) is 12.1 Å². The Morgan fingerprint density at radius 3 is 2.56 bits per heavy atom. The molecule has 2 aliphatic rings. The summed E-state index contributed by atoms with van der Waals surface area (Å²) >= 11 is 0. The van der Waals surface area contributed by atoms with Crippen LogP contribution in [0.2, 0.25) is 0 Å². The molecule has 2 amide bonds. The minimum Gasteiger partial charge on any atom is -0.323 e. The Kier molecular flexibility index (Phi) is 4.87. The van der Waals surface area contributed by atoms with Crippen molar-refractivity contribution in [1.82, 2.24) is 14.7 Å². The van der Waals surface area contributed by atoms with Crippen molar-refractivity contribution in [2.24, 2.45) is 0 Å². The number of benzene rings is 2. The number of carbonyl (C=O) groups is 1. The molecule has 0 saturated carbocycles. The maximum atomic E-state index is 13.5. The number of nitrogens with zero attached hydrogens (tertiary/aromatic N) is 3. The van der Waals surface area contributed by atoms with Gasteiger partial charge in [0.1, 0.15) is 5.82 Å². The third-order valence-electron chi connectivity index (χ3n) is 5.93. The third-order valence-corrected chi connectivity index (χ3v) is 5.93. The lowest BCUT2D eigenvalue weighted by Gasteiger charge is -2.41. The molecule has 1 fully saturated rings. The predicted octanol–water partition coefficient (Wildman–Crippen LogP) is 3.53. The van der Waals surface area contributed by atoms with Crippen LogP contribution in [0.15, 0.2) is 48.5 Å². The van der Waals surface area contributed by atoms with Crippen molar-refractivity contribution in [3.8, 4) is 0 Å². The summed E-state index contributed by atoms with van der Waals surface area (Å²) < 4.78 is 13.5. The molecule has 4 nitrogen and oxygen atoms in total. The average molecular weight is 367 g/mol. The first kappa shape index (κ1) is 18.0. The molecule has 2 heterocycles. The maximum Gasteiger partial charge on any atom is 0.320 e. The second kappa shape index (κ2) is 7.31. The summed E-state index contributed by atoms with van der Waals surface area (Å²) in [6.45, 7) is 2.60. The molecule has 0 radical (unpaired) electrons. The molecule has 0 N–H and O–H groups in total. The number of hydrogen-bond donors (Lipinski definition) is 0. The van der Waals surface area contributed by atoms with Gasteiger partial charge >= 0.3 is 6.03 Å². The zero-order valence-corrected chi connectivity index (χ0v) is 15.9. The van der Waals surface area contributed by atoms with E-state index < -0.39 is 0 Å². The van der Waals surface area contributed by atoms with Gasteiger partial charge in [-0.2, -0.15) is 0 Å². The molecular formula is C22H26FN3O. The summed E-state index contributed by atoms with van der Waals surface area (Å²) in [5.74, 6) is -0.258. The second-order valence-electron chi connectivity index (χ2n) is 7.69. The minimum atomic E-state index is -0.258.